The average Bonchev–Trinajstić information content (AvgIpc) is 4.12. The highest BCUT2D eigenvalue weighted by Gasteiger charge is 2.43. The minimum atomic E-state index is -1.04. The van der Waals surface area contributed by atoms with E-state index in [-0.39, 0.29) is 19.0 Å². The van der Waals surface area contributed by atoms with Crippen LogP contribution >= 0.6 is 45.3 Å². The summed E-state index contributed by atoms with van der Waals surface area (Å²) in [6, 6.07) is 12.6. The number of nitrogens with zero attached hydrogens (tertiary/aromatic N) is 4. The summed E-state index contributed by atoms with van der Waals surface area (Å²) in [5.74, 6) is -1.04. The van der Waals surface area contributed by atoms with Gasteiger partial charge in [-0.2, -0.15) is 0 Å². The predicted molar refractivity (Wildman–Crippen MR) is 272 cm³/mol. The van der Waals surface area contributed by atoms with Crippen molar-refractivity contribution in [3.8, 4) is 39.8 Å². The molecule has 64 heavy (non-hydrogen) atoms. The molecular formula is C52H74N4O4S4. The first-order valence-electron chi connectivity index (χ1n) is 24.6. The normalized spacial score (nSPS) is 15.4. The number of hydrogen-bond acceptors (Lipinski definition) is 9. The van der Waals surface area contributed by atoms with Crippen LogP contribution in [0.1, 0.15) is 187 Å². The van der Waals surface area contributed by atoms with E-state index in [9.17, 15) is 14.7 Å². The van der Waals surface area contributed by atoms with Crippen LogP contribution in [-0.2, 0) is 22.4 Å². The van der Waals surface area contributed by atoms with E-state index in [0.29, 0.717) is 0 Å². The van der Waals surface area contributed by atoms with Gasteiger partial charge in [-0.3, -0.25) is 4.90 Å². The third-order valence-corrected chi connectivity index (χ3v) is 17.3. The highest BCUT2D eigenvalue weighted by molar-refractivity contribution is 7.28. The number of unbranched alkanes of at least 4 members (excludes halogenated alkanes) is 18. The summed E-state index contributed by atoms with van der Waals surface area (Å²) in [4.78, 5) is 35.6. The number of ether oxygens (including phenoxy) is 1. The third-order valence-electron chi connectivity index (χ3n) is 12.4. The van der Waals surface area contributed by atoms with E-state index in [4.69, 9.17) is 4.74 Å². The molecule has 1 amide bonds. The van der Waals surface area contributed by atoms with Crippen LogP contribution in [0.2, 0.25) is 0 Å². The lowest BCUT2D eigenvalue weighted by molar-refractivity contribution is -0.142. The summed E-state index contributed by atoms with van der Waals surface area (Å²) in [5.41, 5.74) is 2.90. The second kappa shape index (κ2) is 25.6. The van der Waals surface area contributed by atoms with Crippen molar-refractivity contribution < 1.29 is 19.4 Å². The van der Waals surface area contributed by atoms with Gasteiger partial charge in [0.25, 0.3) is 0 Å². The summed E-state index contributed by atoms with van der Waals surface area (Å²) < 4.78 is 7.31. The highest BCUT2D eigenvalue weighted by atomic mass is 32.1. The summed E-state index contributed by atoms with van der Waals surface area (Å²) in [6.45, 7) is 10.1. The zero-order chi connectivity index (χ0) is 45.3. The molecule has 0 aromatic carbocycles. The number of carboxylic acids is 1. The number of carbonyl (C=O) groups excluding carboxylic acids is 1. The van der Waals surface area contributed by atoms with Crippen molar-refractivity contribution in [2.24, 2.45) is 0 Å². The fraction of sp³-hybridized carbons (Fsp3) is 0.615. The number of thiophene rings is 4. The van der Waals surface area contributed by atoms with Crippen LogP contribution in [0, 0.1) is 0 Å². The van der Waals surface area contributed by atoms with Crippen LogP contribution < -0.4 is 0 Å². The van der Waals surface area contributed by atoms with Gasteiger partial charge in [-0.25, -0.2) is 14.3 Å². The first-order chi connectivity index (χ1) is 31.0. The molecule has 1 saturated heterocycles. The predicted octanol–water partition coefficient (Wildman–Crippen LogP) is 16.8. The maximum Gasteiger partial charge on any atom is 0.411 e. The number of aromatic nitrogens is 3. The summed E-state index contributed by atoms with van der Waals surface area (Å²) in [5, 5.41) is 21.4. The van der Waals surface area contributed by atoms with Gasteiger partial charge in [0, 0.05) is 42.2 Å². The number of amides is 1. The molecular weight excluding hydrogens is 873 g/mol. The maximum atomic E-state index is 13.0. The molecule has 350 valence electrons. The van der Waals surface area contributed by atoms with Gasteiger partial charge in [0.1, 0.15) is 17.3 Å². The Morgan fingerprint density at radius 1 is 0.672 bits per heavy atom. The van der Waals surface area contributed by atoms with Gasteiger partial charge in [0.05, 0.1) is 17.1 Å². The van der Waals surface area contributed by atoms with E-state index in [0.717, 1.165) is 29.8 Å². The molecule has 0 unspecified atom stereocenters. The third kappa shape index (κ3) is 14.8. The van der Waals surface area contributed by atoms with Gasteiger partial charge in [-0.1, -0.05) is 135 Å². The largest absolute Gasteiger partial charge is 0.480 e. The molecule has 1 fully saturated rings. The van der Waals surface area contributed by atoms with Gasteiger partial charge in [0.2, 0.25) is 0 Å². The molecule has 1 aliphatic heterocycles. The molecule has 6 heterocycles. The number of carboxylic acid groups (broad SMARTS) is 1. The van der Waals surface area contributed by atoms with Crippen LogP contribution in [0.3, 0.4) is 0 Å². The molecule has 0 radical (unpaired) electrons. The van der Waals surface area contributed by atoms with Crippen LogP contribution in [-0.4, -0.2) is 55.3 Å². The Balaban J connectivity index is 1.12. The van der Waals surface area contributed by atoms with Crippen LogP contribution in [0.5, 0.6) is 0 Å². The Morgan fingerprint density at radius 3 is 1.73 bits per heavy atom. The van der Waals surface area contributed by atoms with Gasteiger partial charge in [0.15, 0.2) is 0 Å². The first-order valence-corrected chi connectivity index (χ1v) is 27.9. The molecule has 0 saturated carbocycles. The Morgan fingerprint density at radius 2 is 1.19 bits per heavy atom. The van der Waals surface area contributed by atoms with Crippen LogP contribution in [0.4, 0.5) is 4.79 Å². The first kappa shape index (κ1) is 50.1. The monoisotopic (exact) mass is 946 g/mol. The highest BCUT2D eigenvalue weighted by Crippen LogP contribution is 2.46. The lowest BCUT2D eigenvalue weighted by Crippen LogP contribution is -2.43. The lowest BCUT2D eigenvalue weighted by Gasteiger charge is -2.26. The van der Waals surface area contributed by atoms with E-state index >= 15 is 0 Å². The Kier molecular flexibility index (Phi) is 20.0. The minimum Gasteiger partial charge on any atom is -0.480 e. The second-order valence-electron chi connectivity index (χ2n) is 18.9. The number of hydrogen-bond donors (Lipinski definition) is 1. The molecule has 0 bridgehead atoms. The lowest BCUT2D eigenvalue weighted by atomic mass is 10.0. The Hall–Kier alpha value is -3.32. The van der Waals surface area contributed by atoms with Gasteiger partial charge in [-0.05, 0) is 99.4 Å². The smallest absolute Gasteiger partial charge is 0.411 e. The number of carbonyl (C=O) groups is 2. The molecule has 0 aliphatic carbocycles. The molecule has 6 rings (SSSR count). The molecule has 5 aromatic rings. The maximum absolute atomic E-state index is 13.0. The standard InChI is InChI=1S/C52H74N4O4S4/c1-6-8-10-12-14-16-18-20-22-24-26-38-32-33-61-48(38)45-30-28-43(62-45)44-29-31-46(63-44)49-39(27-25-23-21-19-17-15-13-11-9-7-2)34-47(64-49)41-37-56(54-53-41)40-35-42(50(57)58)55(36-40)51(59)60-52(3,4)5/h28-34,37,40,42H,6-27,35-36H2,1-5H3,(H,57,58)/t40-,42-/m1/s1. The average molecular weight is 947 g/mol. The van der Waals surface area contributed by atoms with E-state index < -0.39 is 23.7 Å². The van der Waals surface area contributed by atoms with E-state index in [2.05, 4.69) is 65.9 Å². The molecule has 8 nitrogen and oxygen atoms in total. The Bertz CT molecular complexity index is 2150. The number of rotatable bonds is 28. The number of aryl methyl sites for hydroxylation is 2. The van der Waals surface area contributed by atoms with Crippen molar-refractivity contribution in [2.75, 3.05) is 6.54 Å². The van der Waals surface area contributed by atoms with Gasteiger partial charge in [-0.15, -0.1) is 50.4 Å². The fourth-order valence-corrected chi connectivity index (χ4v) is 13.3. The van der Waals surface area contributed by atoms with Gasteiger partial charge < -0.3 is 9.84 Å². The Labute approximate surface area is 399 Å². The molecule has 2 atom stereocenters. The van der Waals surface area contributed by atoms with Crippen molar-refractivity contribution in [3.63, 3.8) is 0 Å². The van der Waals surface area contributed by atoms with Crippen molar-refractivity contribution >= 4 is 57.4 Å². The van der Waals surface area contributed by atoms with Crippen LogP contribution in [0.25, 0.3) is 39.8 Å². The number of aliphatic carboxylic acids is 1. The molecule has 1 N–H and O–H groups in total. The van der Waals surface area contributed by atoms with E-state index in [1.807, 2.05) is 40.2 Å². The molecule has 12 heteroatoms. The number of likely N-dealkylation sites (tertiary alicyclic amines) is 1. The SMILES string of the molecule is CCCCCCCCCCCCc1ccsc1-c1ccc(-c2ccc(-c3sc(-c4cn([C@@H]5C[C@H](C(=O)O)N(C(=O)OC(C)(C)C)C5)nn4)cc3CCCCCCCCCCCC)s2)s1. The van der Waals surface area contributed by atoms with Crippen LogP contribution in [0.15, 0.2) is 48.0 Å². The minimum absolute atomic E-state index is 0.198. The van der Waals surface area contributed by atoms with Crippen molar-refractivity contribution in [1.82, 2.24) is 19.9 Å². The van der Waals surface area contributed by atoms with E-state index in [1.54, 1.807) is 36.8 Å². The molecule has 1 aliphatic rings. The zero-order valence-corrected chi connectivity index (χ0v) is 42.6. The summed E-state index contributed by atoms with van der Waals surface area (Å²) >= 11 is 7.45. The molecule has 5 aromatic heterocycles. The second-order valence-corrected chi connectivity index (χ2v) is 23.0. The van der Waals surface area contributed by atoms with Crippen molar-refractivity contribution in [3.05, 3.63) is 59.1 Å². The van der Waals surface area contributed by atoms with E-state index in [1.165, 1.54) is 167 Å². The van der Waals surface area contributed by atoms with Crippen molar-refractivity contribution in [1.29, 1.82) is 0 Å². The molecule has 0 spiro atoms. The summed E-state index contributed by atoms with van der Waals surface area (Å²) in [7, 11) is 0. The topological polar surface area (TPSA) is 97.6 Å². The fourth-order valence-electron chi connectivity index (χ4n) is 8.82. The quantitative estimate of drug-likeness (QED) is 0.0502. The van der Waals surface area contributed by atoms with Gasteiger partial charge >= 0.3 is 12.1 Å². The van der Waals surface area contributed by atoms with Crippen molar-refractivity contribution in [2.45, 2.75) is 200 Å². The summed E-state index contributed by atoms with van der Waals surface area (Å²) in [6.07, 6.45) is 30.4. The zero-order valence-electron chi connectivity index (χ0n) is 39.3.